The maximum Gasteiger partial charge on any atom is 0.148 e. The van der Waals surface area contributed by atoms with Gasteiger partial charge in [0.1, 0.15) is 11.6 Å². The van der Waals surface area contributed by atoms with Gasteiger partial charge in [0, 0.05) is 18.2 Å². The van der Waals surface area contributed by atoms with Gasteiger partial charge in [-0.3, -0.25) is 0 Å². The lowest BCUT2D eigenvalue weighted by atomic mass is 10.1. The van der Waals surface area contributed by atoms with Crippen LogP contribution in [0, 0.1) is 0 Å². The molecule has 1 aromatic carbocycles. The zero-order valence-corrected chi connectivity index (χ0v) is 12.2. The fourth-order valence-electron chi connectivity index (χ4n) is 2.44. The van der Waals surface area contributed by atoms with Crippen molar-refractivity contribution in [2.24, 2.45) is 0 Å². The first-order chi connectivity index (χ1) is 10.3. The molecule has 0 saturated carbocycles. The van der Waals surface area contributed by atoms with E-state index in [2.05, 4.69) is 20.8 Å². The minimum atomic E-state index is 0.454. The molecular formula is C16H20N4O. The molecule has 1 saturated heterocycles. The Balaban J connectivity index is 1.68. The van der Waals surface area contributed by atoms with Crippen molar-refractivity contribution in [3.05, 3.63) is 36.4 Å². The van der Waals surface area contributed by atoms with E-state index in [4.69, 9.17) is 4.74 Å². The molecule has 1 aliphatic rings. The Morgan fingerprint density at radius 3 is 2.67 bits per heavy atom. The van der Waals surface area contributed by atoms with Gasteiger partial charge in [-0.15, -0.1) is 10.2 Å². The third kappa shape index (κ3) is 3.49. The molecule has 1 unspecified atom stereocenters. The van der Waals surface area contributed by atoms with Crippen molar-refractivity contribution in [2.75, 3.05) is 25.0 Å². The molecule has 0 aliphatic carbocycles. The van der Waals surface area contributed by atoms with Crippen molar-refractivity contribution in [1.82, 2.24) is 15.5 Å². The zero-order valence-electron chi connectivity index (χ0n) is 12.2. The Morgan fingerprint density at radius 1 is 1.19 bits per heavy atom. The predicted molar refractivity (Wildman–Crippen MR) is 83.5 cm³/mol. The SMILES string of the molecule is CCOc1ccc(-c2ccc(NC3CCNC3)nn2)cc1. The van der Waals surface area contributed by atoms with E-state index in [1.54, 1.807) is 0 Å². The van der Waals surface area contributed by atoms with Crippen molar-refractivity contribution in [1.29, 1.82) is 0 Å². The number of hydrogen-bond donors (Lipinski definition) is 2. The molecular weight excluding hydrogens is 264 g/mol. The molecule has 0 bridgehead atoms. The molecule has 1 aliphatic heterocycles. The Labute approximate surface area is 124 Å². The molecule has 21 heavy (non-hydrogen) atoms. The van der Waals surface area contributed by atoms with E-state index in [1.807, 2.05) is 43.3 Å². The normalized spacial score (nSPS) is 17.7. The van der Waals surface area contributed by atoms with Crippen LogP contribution in [0.25, 0.3) is 11.3 Å². The van der Waals surface area contributed by atoms with Crippen LogP contribution in [0.2, 0.25) is 0 Å². The van der Waals surface area contributed by atoms with Gasteiger partial charge in [0.05, 0.1) is 12.3 Å². The molecule has 0 spiro atoms. The highest BCUT2D eigenvalue weighted by atomic mass is 16.5. The van der Waals surface area contributed by atoms with Crippen LogP contribution in [0.1, 0.15) is 13.3 Å². The smallest absolute Gasteiger partial charge is 0.148 e. The second-order valence-corrected chi connectivity index (χ2v) is 5.10. The van der Waals surface area contributed by atoms with Gasteiger partial charge in [-0.2, -0.15) is 0 Å². The average Bonchev–Trinajstić information content (AvgIpc) is 3.02. The predicted octanol–water partition coefficient (Wildman–Crippen LogP) is 2.32. The Morgan fingerprint density at radius 2 is 2.05 bits per heavy atom. The summed E-state index contributed by atoms with van der Waals surface area (Å²) in [4.78, 5) is 0. The lowest BCUT2D eigenvalue weighted by molar-refractivity contribution is 0.340. The van der Waals surface area contributed by atoms with Gasteiger partial charge < -0.3 is 15.4 Å². The maximum atomic E-state index is 5.44. The van der Waals surface area contributed by atoms with Crippen LogP contribution >= 0.6 is 0 Å². The molecule has 1 atom stereocenters. The minimum Gasteiger partial charge on any atom is -0.494 e. The summed E-state index contributed by atoms with van der Waals surface area (Å²) in [6, 6.07) is 12.3. The first-order valence-electron chi connectivity index (χ1n) is 7.39. The van der Waals surface area contributed by atoms with Crippen LogP contribution in [0.4, 0.5) is 5.82 Å². The van der Waals surface area contributed by atoms with E-state index >= 15 is 0 Å². The summed E-state index contributed by atoms with van der Waals surface area (Å²) >= 11 is 0. The number of benzene rings is 1. The number of hydrogen-bond acceptors (Lipinski definition) is 5. The quantitative estimate of drug-likeness (QED) is 0.882. The highest BCUT2D eigenvalue weighted by molar-refractivity contribution is 5.60. The third-order valence-corrected chi connectivity index (χ3v) is 3.54. The van der Waals surface area contributed by atoms with Crippen LogP contribution in [0.5, 0.6) is 5.75 Å². The first-order valence-corrected chi connectivity index (χ1v) is 7.39. The van der Waals surface area contributed by atoms with Gasteiger partial charge in [-0.05, 0) is 56.3 Å². The summed E-state index contributed by atoms with van der Waals surface area (Å²) in [5, 5.41) is 15.3. The number of nitrogens with one attached hydrogen (secondary N) is 2. The summed E-state index contributed by atoms with van der Waals surface area (Å²) < 4.78 is 5.44. The van der Waals surface area contributed by atoms with Crippen molar-refractivity contribution >= 4 is 5.82 Å². The summed E-state index contributed by atoms with van der Waals surface area (Å²) in [6.07, 6.45) is 1.13. The number of anilines is 1. The molecule has 2 heterocycles. The molecule has 110 valence electrons. The number of nitrogens with zero attached hydrogens (tertiary/aromatic N) is 2. The molecule has 2 aromatic rings. The van der Waals surface area contributed by atoms with E-state index in [0.29, 0.717) is 12.6 Å². The molecule has 2 N–H and O–H groups in total. The molecule has 0 radical (unpaired) electrons. The summed E-state index contributed by atoms with van der Waals surface area (Å²) in [5.74, 6) is 1.71. The maximum absolute atomic E-state index is 5.44. The lowest BCUT2D eigenvalue weighted by Crippen LogP contribution is -2.22. The number of rotatable bonds is 5. The second kappa shape index (κ2) is 6.54. The van der Waals surface area contributed by atoms with Gasteiger partial charge in [-0.1, -0.05) is 0 Å². The fourth-order valence-corrected chi connectivity index (χ4v) is 2.44. The molecule has 5 heteroatoms. The summed E-state index contributed by atoms with van der Waals surface area (Å²) in [7, 11) is 0. The average molecular weight is 284 g/mol. The van der Waals surface area contributed by atoms with E-state index < -0.39 is 0 Å². The number of aromatic nitrogens is 2. The van der Waals surface area contributed by atoms with Gasteiger partial charge >= 0.3 is 0 Å². The van der Waals surface area contributed by atoms with Gasteiger partial charge in [0.15, 0.2) is 0 Å². The van der Waals surface area contributed by atoms with Crippen LogP contribution < -0.4 is 15.4 Å². The minimum absolute atomic E-state index is 0.454. The van der Waals surface area contributed by atoms with Gasteiger partial charge in [0.2, 0.25) is 0 Å². The highest BCUT2D eigenvalue weighted by Gasteiger charge is 2.14. The van der Waals surface area contributed by atoms with E-state index in [-0.39, 0.29) is 0 Å². The van der Waals surface area contributed by atoms with E-state index in [9.17, 15) is 0 Å². The van der Waals surface area contributed by atoms with Crippen LogP contribution in [-0.4, -0.2) is 35.9 Å². The first kappa shape index (κ1) is 13.8. The van der Waals surface area contributed by atoms with Crippen molar-refractivity contribution in [3.8, 4) is 17.0 Å². The molecule has 3 rings (SSSR count). The zero-order chi connectivity index (χ0) is 14.5. The molecule has 1 aromatic heterocycles. The summed E-state index contributed by atoms with van der Waals surface area (Å²) in [6.45, 7) is 4.71. The standard InChI is InChI=1S/C16H20N4O/c1-2-21-14-5-3-12(4-6-14)15-7-8-16(20-19-15)18-13-9-10-17-11-13/h3-8,13,17H,2,9-11H2,1H3,(H,18,20). The van der Waals surface area contributed by atoms with Gasteiger partial charge in [-0.25, -0.2) is 0 Å². The Kier molecular flexibility index (Phi) is 4.31. The lowest BCUT2D eigenvalue weighted by Gasteiger charge is -2.11. The monoisotopic (exact) mass is 284 g/mol. The molecule has 1 fully saturated rings. The Bertz CT molecular complexity index is 562. The van der Waals surface area contributed by atoms with Crippen molar-refractivity contribution in [2.45, 2.75) is 19.4 Å². The van der Waals surface area contributed by atoms with Crippen LogP contribution in [-0.2, 0) is 0 Å². The third-order valence-electron chi connectivity index (χ3n) is 3.54. The van der Waals surface area contributed by atoms with Crippen molar-refractivity contribution < 1.29 is 4.74 Å². The second-order valence-electron chi connectivity index (χ2n) is 5.10. The van der Waals surface area contributed by atoms with E-state index in [1.165, 1.54) is 0 Å². The van der Waals surface area contributed by atoms with Crippen molar-refractivity contribution in [3.63, 3.8) is 0 Å². The van der Waals surface area contributed by atoms with Crippen LogP contribution in [0.3, 0.4) is 0 Å². The number of ether oxygens (including phenoxy) is 1. The summed E-state index contributed by atoms with van der Waals surface area (Å²) in [5.41, 5.74) is 1.91. The topological polar surface area (TPSA) is 59.1 Å². The Hall–Kier alpha value is -2.14. The van der Waals surface area contributed by atoms with Gasteiger partial charge in [0.25, 0.3) is 0 Å². The van der Waals surface area contributed by atoms with E-state index in [0.717, 1.165) is 42.3 Å². The molecule has 0 amide bonds. The largest absolute Gasteiger partial charge is 0.494 e. The highest BCUT2D eigenvalue weighted by Crippen LogP contribution is 2.21. The molecule has 5 nitrogen and oxygen atoms in total. The van der Waals surface area contributed by atoms with Crippen LogP contribution in [0.15, 0.2) is 36.4 Å². The fraction of sp³-hybridized carbons (Fsp3) is 0.375.